The highest BCUT2D eigenvalue weighted by Gasteiger charge is 2.33. The van der Waals surface area contributed by atoms with Gasteiger partial charge in [0.1, 0.15) is 26.3 Å². The van der Waals surface area contributed by atoms with E-state index in [-0.39, 0.29) is 9.84 Å². The molecule has 13 heavy (non-hydrogen) atoms. The van der Waals surface area contributed by atoms with E-state index in [9.17, 15) is 0 Å². The van der Waals surface area contributed by atoms with Crippen LogP contribution in [-0.2, 0) is 0 Å². The molecule has 2 nitrogen and oxygen atoms in total. The molecule has 0 spiro atoms. The molecular formula is C6H26N2Si5. The molecule has 0 rings (SSSR count). The highest BCUT2D eigenvalue weighted by atomic mass is 28.5. The van der Waals surface area contributed by atoms with Crippen molar-refractivity contribution in [3.8, 4) is 0 Å². The van der Waals surface area contributed by atoms with Gasteiger partial charge in [-0.05, 0) is 0 Å². The van der Waals surface area contributed by atoms with E-state index >= 15 is 0 Å². The van der Waals surface area contributed by atoms with Gasteiger partial charge in [0, 0.05) is 0 Å². The molecule has 0 saturated heterocycles. The second-order valence-corrected chi connectivity index (χ2v) is 27.0. The van der Waals surface area contributed by atoms with Gasteiger partial charge < -0.3 is 7.79 Å². The summed E-state index contributed by atoms with van der Waals surface area (Å²) in [7, 11) is 0.502. The Bertz CT molecular complexity index is 145. The van der Waals surface area contributed by atoms with Crippen LogP contribution in [0.3, 0.4) is 0 Å². The number of hydrogen-bond acceptors (Lipinski definition) is 2. The van der Waals surface area contributed by atoms with Crippen molar-refractivity contribution < 1.29 is 0 Å². The van der Waals surface area contributed by atoms with Crippen LogP contribution in [-0.4, -0.2) is 54.9 Å². The van der Waals surface area contributed by atoms with Gasteiger partial charge in [-0.3, -0.25) is 0 Å². The van der Waals surface area contributed by atoms with E-state index in [2.05, 4.69) is 47.1 Å². The molecule has 0 amide bonds. The van der Waals surface area contributed by atoms with Crippen molar-refractivity contribution >= 4 is 47.1 Å². The molecule has 0 bridgehead atoms. The van der Waals surface area contributed by atoms with Crippen LogP contribution >= 0.6 is 0 Å². The molecule has 0 aromatic heterocycles. The zero-order chi connectivity index (χ0) is 10.9. The summed E-state index contributed by atoms with van der Waals surface area (Å²) in [6.45, 7) is 15.0. The third-order valence-electron chi connectivity index (χ3n) is 2.04. The predicted octanol–water partition coefficient (Wildman–Crippen LogP) is -1.18. The molecule has 80 valence electrons. The minimum Gasteiger partial charge on any atom is -0.377 e. The van der Waals surface area contributed by atoms with E-state index in [4.69, 9.17) is 0 Å². The molecule has 0 atom stereocenters. The maximum absolute atomic E-state index is 2.99. The van der Waals surface area contributed by atoms with Crippen molar-refractivity contribution in [3.05, 3.63) is 0 Å². The molecule has 0 aliphatic carbocycles. The van der Waals surface area contributed by atoms with Crippen molar-refractivity contribution in [2.75, 3.05) is 0 Å². The number of hydrogen-bond donors (Lipinski definition) is 0. The maximum Gasteiger partial charge on any atom is 0.145 e. The Balaban J connectivity index is 4.58. The van der Waals surface area contributed by atoms with Gasteiger partial charge in [-0.15, -0.1) is 0 Å². The van der Waals surface area contributed by atoms with Gasteiger partial charge in [-0.2, -0.15) is 0 Å². The van der Waals surface area contributed by atoms with E-state index in [1.54, 1.807) is 0 Å². The molecule has 0 saturated carbocycles. The molecule has 0 unspecified atom stereocenters. The van der Waals surface area contributed by atoms with E-state index in [0.717, 1.165) is 0 Å². The largest absolute Gasteiger partial charge is 0.377 e. The Morgan fingerprint density at radius 1 is 0.846 bits per heavy atom. The van der Waals surface area contributed by atoms with Gasteiger partial charge in [0.05, 0.1) is 20.8 Å². The van der Waals surface area contributed by atoms with Crippen LogP contribution < -0.4 is 0 Å². The van der Waals surface area contributed by atoms with Crippen LogP contribution in [0.5, 0.6) is 0 Å². The normalized spacial score (nSPS) is 15.7. The van der Waals surface area contributed by atoms with Crippen LogP contribution in [0.1, 0.15) is 0 Å². The maximum atomic E-state index is 2.99. The van der Waals surface area contributed by atoms with Crippen LogP contribution in [0.25, 0.3) is 0 Å². The second kappa shape index (κ2) is 4.68. The van der Waals surface area contributed by atoms with Crippen LogP contribution in [0.4, 0.5) is 0 Å². The minimum absolute atomic E-state index is 0.0347. The highest BCUT2D eigenvalue weighted by Crippen LogP contribution is 2.17. The van der Waals surface area contributed by atoms with Gasteiger partial charge >= 0.3 is 0 Å². The molecule has 7 heteroatoms. The molecule has 0 aromatic rings. The molecule has 0 aliphatic rings. The fraction of sp³-hybridized carbons (Fsp3) is 1.00. The summed E-state index contributed by atoms with van der Waals surface area (Å²) in [6, 6.07) is 0. The SMILES string of the molecule is C[Si](C)(C)N([SiH2]N([SiH3])[SiH3])[Si](C)(C)C. The van der Waals surface area contributed by atoms with Crippen LogP contribution in [0.2, 0.25) is 39.3 Å². The lowest BCUT2D eigenvalue weighted by Crippen LogP contribution is -2.63. The molecule has 0 N–H and O–H groups in total. The first kappa shape index (κ1) is 14.0. The zero-order valence-electron chi connectivity index (χ0n) is 10.6. The summed E-state index contributed by atoms with van der Waals surface area (Å²) in [4.78, 5) is 0. The Morgan fingerprint density at radius 3 is 1.23 bits per heavy atom. The minimum atomic E-state index is -1.03. The Morgan fingerprint density at radius 2 is 1.15 bits per heavy atom. The second-order valence-electron chi connectivity index (χ2n) is 5.99. The monoisotopic (exact) mass is 266 g/mol. The summed E-state index contributed by atoms with van der Waals surface area (Å²) in [6.07, 6.45) is 0. The summed E-state index contributed by atoms with van der Waals surface area (Å²) in [5.74, 6) is 0. The molecule has 0 heterocycles. The molecule has 0 aromatic carbocycles. The van der Waals surface area contributed by atoms with Gasteiger partial charge in [0.15, 0.2) is 0 Å². The Hall–Kier alpha value is 1.00. The summed E-state index contributed by atoms with van der Waals surface area (Å²) >= 11 is 0. The average molecular weight is 267 g/mol. The Labute approximate surface area is 94.2 Å². The smallest absolute Gasteiger partial charge is 0.145 e. The topological polar surface area (TPSA) is 6.48 Å². The fourth-order valence-corrected chi connectivity index (χ4v) is 20.5. The third-order valence-corrected chi connectivity index (χ3v) is 18.4. The van der Waals surface area contributed by atoms with Crippen molar-refractivity contribution in [3.63, 3.8) is 0 Å². The average Bonchev–Trinajstić information content (AvgIpc) is 1.77. The van der Waals surface area contributed by atoms with E-state index < -0.39 is 16.5 Å². The van der Waals surface area contributed by atoms with Gasteiger partial charge in [0.25, 0.3) is 0 Å². The molecule has 0 radical (unpaired) electrons. The van der Waals surface area contributed by atoms with Crippen molar-refractivity contribution in [2.24, 2.45) is 0 Å². The van der Waals surface area contributed by atoms with Crippen LogP contribution in [0, 0.1) is 0 Å². The van der Waals surface area contributed by atoms with Gasteiger partial charge in [0.2, 0.25) is 0 Å². The number of rotatable bonds is 4. The molecular weight excluding hydrogens is 241 g/mol. The summed E-state index contributed by atoms with van der Waals surface area (Å²) in [5.41, 5.74) is 0. The lowest BCUT2D eigenvalue weighted by molar-refractivity contribution is 0.887. The van der Waals surface area contributed by atoms with Crippen molar-refractivity contribution in [1.82, 2.24) is 7.79 Å². The highest BCUT2D eigenvalue weighted by molar-refractivity contribution is 6.96. The molecule has 0 aliphatic heterocycles. The summed E-state index contributed by atoms with van der Waals surface area (Å²) in [5, 5.41) is 0. The quantitative estimate of drug-likeness (QED) is 0.591. The zero-order valence-corrected chi connectivity index (χ0v) is 18.0. The standard InChI is InChI=1S/C6H26N2Si5/c1-12(2,3)8(11-7(9)10)13(4,5)6/h11H2,1-6,9-10H3. The van der Waals surface area contributed by atoms with Crippen molar-refractivity contribution in [2.45, 2.75) is 39.3 Å². The van der Waals surface area contributed by atoms with E-state index in [1.165, 1.54) is 20.8 Å². The van der Waals surface area contributed by atoms with E-state index in [1.807, 2.05) is 0 Å². The first-order chi connectivity index (χ1) is 5.55. The van der Waals surface area contributed by atoms with Crippen molar-refractivity contribution in [1.29, 1.82) is 0 Å². The number of nitrogens with zero attached hydrogens (tertiary/aromatic N) is 2. The predicted molar refractivity (Wildman–Crippen MR) is 78.8 cm³/mol. The molecule has 0 fully saturated rings. The lowest BCUT2D eigenvalue weighted by atomic mass is 11.8. The summed E-state index contributed by atoms with van der Waals surface area (Å²) < 4.78 is 5.69. The van der Waals surface area contributed by atoms with Gasteiger partial charge in [-0.25, -0.2) is 0 Å². The van der Waals surface area contributed by atoms with E-state index in [0.29, 0.717) is 0 Å². The van der Waals surface area contributed by atoms with Gasteiger partial charge in [-0.1, -0.05) is 39.3 Å². The first-order valence-corrected chi connectivity index (χ1v) is 14.9. The first-order valence-electron chi connectivity index (χ1n) is 4.97. The fourth-order valence-electron chi connectivity index (χ4n) is 1.71. The Kier molecular flexibility index (Phi) is 5.04. The third kappa shape index (κ3) is 5.45. The van der Waals surface area contributed by atoms with Crippen LogP contribution in [0.15, 0.2) is 0 Å². The lowest BCUT2D eigenvalue weighted by Gasteiger charge is -2.45.